The molecule has 0 radical (unpaired) electrons. The Bertz CT molecular complexity index is 911. The molecule has 0 bridgehead atoms. The third-order valence-electron chi connectivity index (χ3n) is 3.78. The summed E-state index contributed by atoms with van der Waals surface area (Å²) in [7, 11) is 1.64. The molecule has 1 aromatic heterocycles. The van der Waals surface area contributed by atoms with Gasteiger partial charge in [-0.05, 0) is 42.3 Å². The van der Waals surface area contributed by atoms with Gasteiger partial charge in [-0.15, -0.1) is 0 Å². The predicted octanol–water partition coefficient (Wildman–Crippen LogP) is 4.07. The molecule has 0 fully saturated rings. The van der Waals surface area contributed by atoms with E-state index in [4.69, 9.17) is 9.47 Å². The van der Waals surface area contributed by atoms with Gasteiger partial charge in [-0.1, -0.05) is 25.1 Å². The first-order valence-electron chi connectivity index (χ1n) is 8.69. The van der Waals surface area contributed by atoms with E-state index in [1.807, 2.05) is 31.2 Å². The molecule has 1 amide bonds. The summed E-state index contributed by atoms with van der Waals surface area (Å²) in [5, 5.41) is 3.29. The maximum absolute atomic E-state index is 12.1. The lowest BCUT2D eigenvalue weighted by Crippen LogP contribution is -2.23. The quantitative estimate of drug-likeness (QED) is 0.635. The molecule has 0 aliphatic rings. The van der Waals surface area contributed by atoms with Crippen LogP contribution in [0.1, 0.15) is 35.1 Å². The highest BCUT2D eigenvalue weighted by molar-refractivity contribution is 7.07. The summed E-state index contributed by atoms with van der Waals surface area (Å²) in [5.41, 5.74) is 1.62. The number of ether oxygens (including phenoxy) is 2. The average molecular weight is 383 g/mol. The summed E-state index contributed by atoms with van der Waals surface area (Å²) in [6.07, 6.45) is 1.49. The molecule has 0 atom stereocenters. The van der Waals surface area contributed by atoms with E-state index < -0.39 is 0 Å². The summed E-state index contributed by atoms with van der Waals surface area (Å²) < 4.78 is 15.4. The van der Waals surface area contributed by atoms with Crippen LogP contribution in [0.5, 0.6) is 16.7 Å². The van der Waals surface area contributed by atoms with Crippen LogP contribution in [0.25, 0.3) is 0 Å². The largest absolute Gasteiger partial charge is 0.497 e. The topological polar surface area (TPSA) is 73.3 Å². The first kappa shape index (κ1) is 18.8. The number of carbonyl (C=O) groups is 1. The SMILES string of the molecule is CCCNC(=O)c1cccc(Oc2nc(Cc3cccc(OC)c3)ns2)c1. The van der Waals surface area contributed by atoms with Crippen LogP contribution in [0.3, 0.4) is 0 Å². The Hall–Kier alpha value is -2.93. The second kappa shape index (κ2) is 9.14. The summed E-state index contributed by atoms with van der Waals surface area (Å²) in [4.78, 5) is 16.5. The molecule has 0 saturated carbocycles. The van der Waals surface area contributed by atoms with Gasteiger partial charge >= 0.3 is 0 Å². The number of methoxy groups -OCH3 is 1. The zero-order valence-electron chi connectivity index (χ0n) is 15.3. The van der Waals surface area contributed by atoms with Crippen molar-refractivity contribution in [3.05, 3.63) is 65.5 Å². The van der Waals surface area contributed by atoms with E-state index >= 15 is 0 Å². The smallest absolute Gasteiger partial charge is 0.298 e. The minimum atomic E-state index is -0.113. The van der Waals surface area contributed by atoms with Crippen LogP contribution in [0.4, 0.5) is 0 Å². The van der Waals surface area contributed by atoms with Crippen LogP contribution in [-0.4, -0.2) is 28.9 Å². The van der Waals surface area contributed by atoms with Gasteiger partial charge in [0.15, 0.2) is 5.82 Å². The van der Waals surface area contributed by atoms with Gasteiger partial charge in [0.1, 0.15) is 11.5 Å². The van der Waals surface area contributed by atoms with Crippen molar-refractivity contribution in [1.82, 2.24) is 14.7 Å². The molecule has 0 saturated heterocycles. The number of benzene rings is 2. The van der Waals surface area contributed by atoms with Crippen molar-refractivity contribution >= 4 is 17.4 Å². The number of carbonyl (C=O) groups excluding carboxylic acids is 1. The number of amides is 1. The molecule has 3 aromatic rings. The lowest BCUT2D eigenvalue weighted by Gasteiger charge is -2.06. The Morgan fingerprint density at radius 3 is 2.78 bits per heavy atom. The lowest BCUT2D eigenvalue weighted by atomic mass is 10.1. The van der Waals surface area contributed by atoms with E-state index in [-0.39, 0.29) is 5.91 Å². The van der Waals surface area contributed by atoms with Crippen molar-refractivity contribution in [2.24, 2.45) is 0 Å². The van der Waals surface area contributed by atoms with E-state index in [2.05, 4.69) is 14.7 Å². The summed E-state index contributed by atoms with van der Waals surface area (Å²) in [5.74, 6) is 1.93. The monoisotopic (exact) mass is 383 g/mol. The Kier molecular flexibility index (Phi) is 6.38. The molecule has 27 heavy (non-hydrogen) atoms. The van der Waals surface area contributed by atoms with Gasteiger partial charge in [-0.3, -0.25) is 4.79 Å². The first-order valence-corrected chi connectivity index (χ1v) is 9.47. The van der Waals surface area contributed by atoms with Crippen LogP contribution in [0.15, 0.2) is 48.5 Å². The molecule has 6 nitrogen and oxygen atoms in total. The van der Waals surface area contributed by atoms with Crippen LogP contribution in [-0.2, 0) is 6.42 Å². The van der Waals surface area contributed by atoms with Crippen molar-refractivity contribution in [2.75, 3.05) is 13.7 Å². The number of hydrogen-bond donors (Lipinski definition) is 1. The molecule has 0 unspecified atom stereocenters. The second-order valence-corrected chi connectivity index (χ2v) is 6.61. The highest BCUT2D eigenvalue weighted by atomic mass is 32.1. The molecule has 0 aliphatic carbocycles. The molecular formula is C20H21N3O3S. The molecule has 3 rings (SSSR count). The molecule has 7 heteroatoms. The third kappa shape index (κ3) is 5.27. The standard InChI is InChI=1S/C20H21N3O3S/c1-3-10-21-19(24)15-7-5-9-17(13-15)26-20-22-18(23-27-20)12-14-6-4-8-16(11-14)25-2/h4-9,11,13H,3,10,12H2,1-2H3,(H,21,24). The number of rotatable bonds is 8. The molecular weight excluding hydrogens is 362 g/mol. The fourth-order valence-electron chi connectivity index (χ4n) is 2.46. The van der Waals surface area contributed by atoms with E-state index in [0.29, 0.717) is 35.3 Å². The van der Waals surface area contributed by atoms with E-state index in [1.54, 1.807) is 31.4 Å². The van der Waals surface area contributed by atoms with Gasteiger partial charge in [-0.25, -0.2) is 0 Å². The maximum Gasteiger partial charge on any atom is 0.298 e. The Morgan fingerprint density at radius 2 is 1.96 bits per heavy atom. The molecule has 2 aromatic carbocycles. The lowest BCUT2D eigenvalue weighted by molar-refractivity contribution is 0.0953. The number of nitrogens with zero attached hydrogens (tertiary/aromatic N) is 2. The Morgan fingerprint density at radius 1 is 1.15 bits per heavy atom. The van der Waals surface area contributed by atoms with Crippen molar-refractivity contribution in [2.45, 2.75) is 19.8 Å². The average Bonchev–Trinajstić information content (AvgIpc) is 3.13. The highest BCUT2D eigenvalue weighted by Crippen LogP contribution is 2.25. The van der Waals surface area contributed by atoms with Gasteiger partial charge in [0.25, 0.3) is 11.1 Å². The maximum atomic E-state index is 12.1. The summed E-state index contributed by atoms with van der Waals surface area (Å²) in [6, 6.07) is 14.8. The number of hydrogen-bond acceptors (Lipinski definition) is 6. The third-order valence-corrected chi connectivity index (χ3v) is 4.42. The molecule has 0 spiro atoms. The van der Waals surface area contributed by atoms with Crippen molar-refractivity contribution < 1.29 is 14.3 Å². The molecule has 140 valence electrons. The van der Waals surface area contributed by atoms with Gasteiger partial charge in [-0.2, -0.15) is 9.36 Å². The molecule has 1 heterocycles. The fraction of sp³-hybridized carbons (Fsp3) is 0.250. The zero-order valence-corrected chi connectivity index (χ0v) is 16.1. The van der Waals surface area contributed by atoms with E-state index in [9.17, 15) is 4.79 Å². The van der Waals surface area contributed by atoms with Gasteiger partial charge in [0, 0.05) is 30.1 Å². The second-order valence-electron chi connectivity index (χ2n) is 5.89. The van der Waals surface area contributed by atoms with E-state index in [0.717, 1.165) is 17.7 Å². The van der Waals surface area contributed by atoms with Crippen molar-refractivity contribution in [3.63, 3.8) is 0 Å². The summed E-state index contributed by atoms with van der Waals surface area (Å²) in [6.45, 7) is 2.66. The normalized spacial score (nSPS) is 10.4. The highest BCUT2D eigenvalue weighted by Gasteiger charge is 2.10. The molecule has 0 aliphatic heterocycles. The fourth-order valence-corrected chi connectivity index (χ4v) is 3.03. The number of aromatic nitrogens is 2. The van der Waals surface area contributed by atoms with E-state index in [1.165, 1.54) is 11.5 Å². The zero-order chi connectivity index (χ0) is 19.1. The predicted molar refractivity (Wildman–Crippen MR) is 105 cm³/mol. The van der Waals surface area contributed by atoms with Crippen molar-refractivity contribution in [1.29, 1.82) is 0 Å². The van der Waals surface area contributed by atoms with Crippen LogP contribution < -0.4 is 14.8 Å². The van der Waals surface area contributed by atoms with Gasteiger partial charge in [0.2, 0.25) is 0 Å². The minimum absolute atomic E-state index is 0.113. The minimum Gasteiger partial charge on any atom is -0.497 e. The van der Waals surface area contributed by atoms with Crippen molar-refractivity contribution in [3.8, 4) is 16.7 Å². The van der Waals surface area contributed by atoms with Crippen LogP contribution in [0, 0.1) is 0 Å². The summed E-state index contributed by atoms with van der Waals surface area (Å²) >= 11 is 1.19. The van der Waals surface area contributed by atoms with Gasteiger partial charge in [0.05, 0.1) is 7.11 Å². The Labute approximate surface area is 162 Å². The Balaban J connectivity index is 1.66. The molecule has 1 N–H and O–H groups in total. The number of nitrogens with one attached hydrogen (secondary N) is 1. The van der Waals surface area contributed by atoms with Crippen LogP contribution in [0.2, 0.25) is 0 Å². The van der Waals surface area contributed by atoms with Gasteiger partial charge < -0.3 is 14.8 Å². The van der Waals surface area contributed by atoms with Crippen LogP contribution >= 0.6 is 11.5 Å². The first-order chi connectivity index (χ1) is 13.2.